The fraction of sp³-hybridized carbons (Fsp3) is 0.647. The van der Waals surface area contributed by atoms with Gasteiger partial charge in [0.1, 0.15) is 0 Å². The highest BCUT2D eigenvalue weighted by atomic mass is 16.5. The van der Waals surface area contributed by atoms with Crippen molar-refractivity contribution in [2.24, 2.45) is 0 Å². The molecular weight excluding hydrogens is 250 g/mol. The average Bonchev–Trinajstić information content (AvgIpc) is 2.69. The minimum Gasteiger partial charge on any atom is -0.382 e. The van der Waals surface area contributed by atoms with Gasteiger partial charge in [0.15, 0.2) is 0 Å². The topological polar surface area (TPSA) is 30.5 Å². The van der Waals surface area contributed by atoms with Crippen LogP contribution in [0.3, 0.4) is 0 Å². The first-order valence-corrected chi connectivity index (χ1v) is 7.79. The molecule has 20 heavy (non-hydrogen) atoms. The van der Waals surface area contributed by atoms with E-state index in [9.17, 15) is 0 Å². The van der Waals surface area contributed by atoms with Gasteiger partial charge in [0.25, 0.3) is 0 Å². The lowest BCUT2D eigenvalue weighted by molar-refractivity contribution is 0.0692. The van der Waals surface area contributed by atoms with Crippen molar-refractivity contribution in [1.82, 2.24) is 5.32 Å². The molecular formula is C17H27NO2. The Morgan fingerprint density at radius 2 is 2.05 bits per heavy atom. The van der Waals surface area contributed by atoms with E-state index in [0.717, 1.165) is 19.6 Å². The Balaban J connectivity index is 1.72. The summed E-state index contributed by atoms with van der Waals surface area (Å²) >= 11 is 0. The van der Waals surface area contributed by atoms with Crippen LogP contribution in [-0.2, 0) is 15.9 Å². The predicted octanol–water partition coefficient (Wildman–Crippen LogP) is 3.10. The SMILES string of the molecule is COCCOCCCNC1CCCCc2ccccc21. The van der Waals surface area contributed by atoms with Crippen LogP contribution < -0.4 is 5.32 Å². The van der Waals surface area contributed by atoms with Gasteiger partial charge in [0, 0.05) is 19.8 Å². The fourth-order valence-electron chi connectivity index (χ4n) is 2.83. The lowest BCUT2D eigenvalue weighted by Crippen LogP contribution is -2.23. The van der Waals surface area contributed by atoms with Crippen LogP contribution >= 0.6 is 0 Å². The Kier molecular flexibility index (Phi) is 7.06. The van der Waals surface area contributed by atoms with E-state index in [0.29, 0.717) is 19.3 Å². The second-order valence-corrected chi connectivity index (χ2v) is 5.41. The molecule has 3 nitrogen and oxygen atoms in total. The molecule has 1 aliphatic carbocycles. The highest BCUT2D eigenvalue weighted by molar-refractivity contribution is 5.31. The Morgan fingerprint density at radius 3 is 2.95 bits per heavy atom. The number of ether oxygens (including phenoxy) is 2. The van der Waals surface area contributed by atoms with Gasteiger partial charge in [-0.25, -0.2) is 0 Å². The molecule has 0 saturated carbocycles. The standard InChI is InChI=1S/C17H27NO2/c1-19-13-14-20-12-6-11-18-17-10-5-3-8-15-7-2-4-9-16(15)17/h2,4,7,9,17-18H,3,5-6,8,10-14H2,1H3. The summed E-state index contributed by atoms with van der Waals surface area (Å²) in [6.07, 6.45) is 6.17. The van der Waals surface area contributed by atoms with E-state index in [1.807, 2.05) is 0 Å². The maximum absolute atomic E-state index is 5.49. The van der Waals surface area contributed by atoms with Gasteiger partial charge in [-0.2, -0.15) is 0 Å². The molecule has 1 aromatic carbocycles. The van der Waals surface area contributed by atoms with Crippen LogP contribution in [0.25, 0.3) is 0 Å². The second kappa shape index (κ2) is 9.11. The fourth-order valence-corrected chi connectivity index (χ4v) is 2.83. The van der Waals surface area contributed by atoms with Gasteiger partial charge in [-0.05, 0) is 43.4 Å². The highest BCUT2D eigenvalue weighted by Crippen LogP contribution is 2.28. The van der Waals surface area contributed by atoms with E-state index < -0.39 is 0 Å². The van der Waals surface area contributed by atoms with E-state index in [-0.39, 0.29) is 0 Å². The molecule has 1 aliphatic rings. The van der Waals surface area contributed by atoms with Crippen LogP contribution in [0.4, 0.5) is 0 Å². The van der Waals surface area contributed by atoms with Crippen LogP contribution in [0.5, 0.6) is 0 Å². The summed E-state index contributed by atoms with van der Waals surface area (Å²) in [4.78, 5) is 0. The van der Waals surface area contributed by atoms with Gasteiger partial charge in [-0.1, -0.05) is 30.7 Å². The van der Waals surface area contributed by atoms with Crippen molar-refractivity contribution in [3.63, 3.8) is 0 Å². The molecule has 0 heterocycles. The number of methoxy groups -OCH3 is 1. The van der Waals surface area contributed by atoms with E-state index in [1.165, 1.54) is 36.8 Å². The normalized spacial score (nSPS) is 18.6. The minimum atomic E-state index is 0.521. The Morgan fingerprint density at radius 1 is 1.15 bits per heavy atom. The first-order chi connectivity index (χ1) is 9.92. The van der Waals surface area contributed by atoms with Crippen LogP contribution in [0, 0.1) is 0 Å². The molecule has 0 fully saturated rings. The van der Waals surface area contributed by atoms with Crippen LogP contribution in [-0.4, -0.2) is 33.5 Å². The molecule has 3 heteroatoms. The van der Waals surface area contributed by atoms with Crippen molar-refractivity contribution in [2.45, 2.75) is 38.1 Å². The van der Waals surface area contributed by atoms with Crippen molar-refractivity contribution >= 4 is 0 Å². The van der Waals surface area contributed by atoms with Gasteiger partial charge in [0.2, 0.25) is 0 Å². The quantitative estimate of drug-likeness (QED) is 0.585. The van der Waals surface area contributed by atoms with E-state index >= 15 is 0 Å². The van der Waals surface area contributed by atoms with Gasteiger partial charge in [-0.3, -0.25) is 0 Å². The molecule has 112 valence electrons. The molecule has 0 saturated heterocycles. The number of benzene rings is 1. The summed E-state index contributed by atoms with van der Waals surface area (Å²) in [5.41, 5.74) is 3.03. The molecule has 1 unspecified atom stereocenters. The van der Waals surface area contributed by atoms with Crippen molar-refractivity contribution in [3.05, 3.63) is 35.4 Å². The summed E-state index contributed by atoms with van der Waals surface area (Å²) in [6.45, 7) is 3.21. The molecule has 1 N–H and O–H groups in total. The summed E-state index contributed by atoms with van der Waals surface area (Å²) in [7, 11) is 1.70. The van der Waals surface area contributed by atoms with E-state index in [4.69, 9.17) is 9.47 Å². The number of hydrogen-bond acceptors (Lipinski definition) is 3. The molecule has 2 rings (SSSR count). The smallest absolute Gasteiger partial charge is 0.0700 e. The molecule has 0 aromatic heterocycles. The van der Waals surface area contributed by atoms with Crippen molar-refractivity contribution in [2.75, 3.05) is 33.5 Å². The Labute approximate surface area is 122 Å². The number of aryl methyl sites for hydroxylation is 1. The summed E-state index contributed by atoms with van der Waals surface area (Å²) < 4.78 is 10.4. The number of fused-ring (bicyclic) bond motifs is 1. The molecule has 0 aliphatic heterocycles. The van der Waals surface area contributed by atoms with Crippen LogP contribution in [0.2, 0.25) is 0 Å². The molecule has 0 bridgehead atoms. The summed E-state index contributed by atoms with van der Waals surface area (Å²) in [5.74, 6) is 0. The molecule has 0 amide bonds. The number of hydrogen-bond donors (Lipinski definition) is 1. The maximum Gasteiger partial charge on any atom is 0.0700 e. The third-order valence-electron chi connectivity index (χ3n) is 3.91. The van der Waals surface area contributed by atoms with E-state index in [1.54, 1.807) is 7.11 Å². The second-order valence-electron chi connectivity index (χ2n) is 5.41. The Bertz CT molecular complexity index is 381. The average molecular weight is 277 g/mol. The third kappa shape index (κ3) is 4.89. The highest BCUT2D eigenvalue weighted by Gasteiger charge is 2.17. The van der Waals surface area contributed by atoms with Gasteiger partial charge < -0.3 is 14.8 Å². The van der Waals surface area contributed by atoms with Crippen molar-refractivity contribution in [3.8, 4) is 0 Å². The molecule has 0 spiro atoms. The first-order valence-electron chi connectivity index (χ1n) is 7.79. The van der Waals surface area contributed by atoms with Crippen LogP contribution in [0.15, 0.2) is 24.3 Å². The van der Waals surface area contributed by atoms with Gasteiger partial charge in [-0.15, -0.1) is 0 Å². The number of rotatable bonds is 8. The van der Waals surface area contributed by atoms with Crippen molar-refractivity contribution in [1.29, 1.82) is 0 Å². The summed E-state index contributed by atoms with van der Waals surface area (Å²) in [6, 6.07) is 9.40. The lowest BCUT2D eigenvalue weighted by Gasteiger charge is -2.19. The minimum absolute atomic E-state index is 0.521. The molecule has 1 atom stereocenters. The zero-order valence-corrected chi connectivity index (χ0v) is 12.6. The predicted molar refractivity (Wildman–Crippen MR) is 82.1 cm³/mol. The molecule has 1 aromatic rings. The lowest BCUT2D eigenvalue weighted by atomic mass is 9.99. The third-order valence-corrected chi connectivity index (χ3v) is 3.91. The monoisotopic (exact) mass is 277 g/mol. The largest absolute Gasteiger partial charge is 0.382 e. The maximum atomic E-state index is 5.49. The number of nitrogens with one attached hydrogen (secondary N) is 1. The summed E-state index contributed by atoms with van der Waals surface area (Å²) in [5, 5.41) is 3.70. The molecule has 0 radical (unpaired) electrons. The van der Waals surface area contributed by atoms with E-state index in [2.05, 4.69) is 29.6 Å². The van der Waals surface area contributed by atoms with Crippen LogP contribution in [0.1, 0.15) is 42.9 Å². The van der Waals surface area contributed by atoms with Gasteiger partial charge in [0.05, 0.1) is 13.2 Å². The van der Waals surface area contributed by atoms with Gasteiger partial charge >= 0.3 is 0 Å². The first kappa shape index (κ1) is 15.5. The zero-order valence-electron chi connectivity index (χ0n) is 12.6. The zero-order chi connectivity index (χ0) is 14.0. The van der Waals surface area contributed by atoms with Crippen molar-refractivity contribution < 1.29 is 9.47 Å². The Hall–Kier alpha value is -0.900.